The fourth-order valence-electron chi connectivity index (χ4n) is 0.820. The topological polar surface area (TPSA) is 140 Å². The molecule has 0 fully saturated rings. The maximum absolute atomic E-state index is 11.3. The smallest absolute Gasteiger partial charge is 0.739 e. The third kappa shape index (κ3) is 5.66. The van der Waals surface area contributed by atoms with Crippen LogP contribution in [-0.2, 0) is 9.15 Å². The van der Waals surface area contributed by atoms with Crippen LogP contribution in [0.4, 0.5) is 0 Å². The number of aromatic amines is 2. The molecule has 0 amide bonds. The summed E-state index contributed by atoms with van der Waals surface area (Å²) in [6.07, 6.45) is 0.863. The Labute approximate surface area is 121 Å². The maximum Gasteiger partial charge on any atom is 1.00 e. The molecule has 17 heavy (non-hydrogen) atoms. The molecular weight excluding hydrogens is 283 g/mol. The Hall–Kier alpha value is -0.390. The van der Waals surface area contributed by atoms with Crippen molar-refractivity contribution in [2.24, 2.45) is 0 Å². The van der Waals surface area contributed by atoms with Gasteiger partial charge in [0.15, 0.2) is 5.78 Å². The molecule has 1 heterocycles. The summed E-state index contributed by atoms with van der Waals surface area (Å²) in [4.78, 5) is 36.8. The molecule has 0 radical (unpaired) electrons. The van der Waals surface area contributed by atoms with E-state index in [4.69, 9.17) is 0 Å². The molecular formula is C6H5N2NaO6S2. The minimum absolute atomic E-state index is 0. The SMILES string of the molecule is O=C(CSS(=O)(=O)[O-])c1c[nH]c(=O)[nH]c1=O.[Na+]. The van der Waals surface area contributed by atoms with Crippen LogP contribution >= 0.6 is 10.8 Å². The van der Waals surface area contributed by atoms with Gasteiger partial charge in [0.05, 0.1) is 11.3 Å². The minimum Gasteiger partial charge on any atom is -0.739 e. The van der Waals surface area contributed by atoms with Crippen LogP contribution in [0, 0.1) is 0 Å². The number of carbonyl (C=O) groups is 1. The zero-order valence-electron chi connectivity index (χ0n) is 8.55. The Kier molecular flexibility index (Phi) is 6.37. The van der Waals surface area contributed by atoms with Gasteiger partial charge in [-0.25, -0.2) is 13.2 Å². The van der Waals surface area contributed by atoms with Gasteiger partial charge in [-0.3, -0.25) is 14.6 Å². The van der Waals surface area contributed by atoms with Crippen molar-refractivity contribution in [1.82, 2.24) is 9.97 Å². The first kappa shape index (κ1) is 16.6. The molecule has 88 valence electrons. The number of rotatable bonds is 4. The number of carbonyl (C=O) groups excluding carboxylic acids is 1. The molecule has 0 aromatic carbocycles. The van der Waals surface area contributed by atoms with Crippen molar-refractivity contribution in [3.8, 4) is 0 Å². The number of H-pyrrole nitrogens is 2. The van der Waals surface area contributed by atoms with E-state index in [9.17, 15) is 27.4 Å². The Morgan fingerprint density at radius 3 is 2.47 bits per heavy atom. The molecule has 0 atom stereocenters. The molecule has 0 aliphatic rings. The number of Topliss-reactive ketones (excluding diaryl/α,β-unsaturated/α-hetero) is 1. The summed E-state index contributed by atoms with van der Waals surface area (Å²) in [5.41, 5.74) is -2.13. The summed E-state index contributed by atoms with van der Waals surface area (Å²) in [6, 6.07) is 0. The van der Waals surface area contributed by atoms with Gasteiger partial charge in [-0.2, -0.15) is 0 Å². The van der Waals surface area contributed by atoms with Crippen LogP contribution in [0.2, 0.25) is 0 Å². The second-order valence-corrected chi connectivity index (χ2v) is 5.85. The predicted octanol–water partition coefficient (Wildman–Crippen LogP) is -4.56. The summed E-state index contributed by atoms with van der Waals surface area (Å²) in [5, 5.41) is 0. The van der Waals surface area contributed by atoms with Crippen molar-refractivity contribution in [3.63, 3.8) is 0 Å². The molecule has 0 bridgehead atoms. The van der Waals surface area contributed by atoms with Gasteiger partial charge in [0.2, 0.25) is 0 Å². The van der Waals surface area contributed by atoms with E-state index >= 15 is 0 Å². The van der Waals surface area contributed by atoms with E-state index in [1.807, 2.05) is 4.98 Å². The van der Waals surface area contributed by atoms with Gasteiger partial charge in [0, 0.05) is 6.20 Å². The Balaban J connectivity index is 0.00000256. The van der Waals surface area contributed by atoms with Crippen LogP contribution in [0.3, 0.4) is 0 Å². The Morgan fingerprint density at radius 2 is 2.00 bits per heavy atom. The summed E-state index contributed by atoms with van der Waals surface area (Å²) in [6.45, 7) is 0. The van der Waals surface area contributed by atoms with Gasteiger partial charge in [-0.05, 0) is 10.8 Å². The second kappa shape index (κ2) is 6.52. The zero-order chi connectivity index (χ0) is 12.3. The maximum atomic E-state index is 11.3. The largest absolute Gasteiger partial charge is 1.00 e. The fraction of sp³-hybridized carbons (Fsp3) is 0.167. The first-order valence-electron chi connectivity index (χ1n) is 3.75. The second-order valence-electron chi connectivity index (χ2n) is 2.58. The van der Waals surface area contributed by atoms with E-state index in [1.54, 1.807) is 4.98 Å². The zero-order valence-corrected chi connectivity index (χ0v) is 12.2. The van der Waals surface area contributed by atoms with Gasteiger partial charge in [-0.15, -0.1) is 0 Å². The first-order chi connectivity index (χ1) is 7.29. The first-order valence-corrected chi connectivity index (χ1v) is 6.66. The van der Waals surface area contributed by atoms with Gasteiger partial charge < -0.3 is 9.54 Å². The van der Waals surface area contributed by atoms with Crippen molar-refractivity contribution < 1.29 is 47.3 Å². The van der Waals surface area contributed by atoms with Crippen LogP contribution < -0.4 is 40.8 Å². The van der Waals surface area contributed by atoms with Crippen LogP contribution in [0.25, 0.3) is 0 Å². The fourth-order valence-corrected chi connectivity index (χ4v) is 1.98. The third-order valence-electron chi connectivity index (χ3n) is 1.45. The van der Waals surface area contributed by atoms with Crippen molar-refractivity contribution in [1.29, 1.82) is 0 Å². The molecule has 1 rings (SSSR count). The van der Waals surface area contributed by atoms with Gasteiger partial charge >= 0.3 is 35.2 Å². The number of ketones is 1. The number of aromatic nitrogens is 2. The molecule has 0 saturated heterocycles. The van der Waals surface area contributed by atoms with E-state index in [0.29, 0.717) is 0 Å². The predicted molar refractivity (Wildman–Crippen MR) is 54.2 cm³/mol. The Bertz CT molecular complexity index is 618. The van der Waals surface area contributed by atoms with Gasteiger partial charge in [-0.1, -0.05) is 0 Å². The molecule has 11 heteroatoms. The molecule has 1 aromatic heterocycles. The molecule has 0 unspecified atom stereocenters. The third-order valence-corrected chi connectivity index (χ3v) is 3.34. The van der Waals surface area contributed by atoms with Crippen LogP contribution in [0.15, 0.2) is 15.8 Å². The normalized spacial score (nSPS) is 10.6. The van der Waals surface area contributed by atoms with Crippen molar-refractivity contribution >= 4 is 25.7 Å². The molecule has 0 aliphatic heterocycles. The van der Waals surface area contributed by atoms with Crippen LogP contribution in [-0.4, -0.2) is 34.5 Å². The molecule has 0 aliphatic carbocycles. The van der Waals surface area contributed by atoms with Crippen molar-refractivity contribution in [2.75, 3.05) is 5.75 Å². The average molecular weight is 288 g/mol. The number of hydrogen-bond donors (Lipinski definition) is 2. The van der Waals surface area contributed by atoms with Crippen molar-refractivity contribution in [2.45, 2.75) is 0 Å². The van der Waals surface area contributed by atoms with Crippen LogP contribution in [0.1, 0.15) is 10.4 Å². The van der Waals surface area contributed by atoms with E-state index in [-0.39, 0.29) is 40.4 Å². The standard InChI is InChI=1S/C6H6N2O6S2.Na/c9-4(2-15-16(12,13)14)3-1-7-6(11)8-5(3)10;/h1H,2H2,(H,12,13,14)(H2,7,8,10,11);/q;+1/p-1. The quantitative estimate of drug-likeness (QED) is 0.246. The molecule has 1 aromatic rings. The monoisotopic (exact) mass is 288 g/mol. The molecule has 2 N–H and O–H groups in total. The van der Waals surface area contributed by atoms with E-state index < -0.39 is 37.5 Å². The molecule has 0 saturated carbocycles. The van der Waals surface area contributed by atoms with Gasteiger partial charge in [0.25, 0.3) is 5.56 Å². The number of hydrogen-bond acceptors (Lipinski definition) is 7. The number of nitrogens with one attached hydrogen (secondary N) is 2. The van der Waals surface area contributed by atoms with E-state index in [0.717, 1.165) is 6.20 Å². The summed E-state index contributed by atoms with van der Waals surface area (Å²) >= 11 is 0. The van der Waals surface area contributed by atoms with Gasteiger partial charge in [0.1, 0.15) is 9.15 Å². The molecule has 0 spiro atoms. The molecule has 8 nitrogen and oxygen atoms in total. The van der Waals surface area contributed by atoms with Crippen LogP contribution in [0.5, 0.6) is 0 Å². The average Bonchev–Trinajstić information content (AvgIpc) is 2.13. The van der Waals surface area contributed by atoms with Crippen molar-refractivity contribution in [3.05, 3.63) is 32.6 Å². The van der Waals surface area contributed by atoms with E-state index in [2.05, 4.69) is 0 Å². The minimum atomic E-state index is -4.59. The van der Waals surface area contributed by atoms with E-state index in [1.165, 1.54) is 0 Å². The summed E-state index contributed by atoms with van der Waals surface area (Å²) in [7, 11) is -4.71. The summed E-state index contributed by atoms with van der Waals surface area (Å²) < 4.78 is 30.7. The summed E-state index contributed by atoms with van der Waals surface area (Å²) in [5.74, 6) is -1.54. The Morgan fingerprint density at radius 1 is 1.41 bits per heavy atom.